The molecule has 0 saturated heterocycles. The lowest BCUT2D eigenvalue weighted by molar-refractivity contribution is -0.140. The third-order valence-corrected chi connectivity index (χ3v) is 5.34. The normalized spacial score (nSPS) is 11.6. The van der Waals surface area contributed by atoms with E-state index in [1.165, 1.54) is 5.56 Å². The van der Waals surface area contributed by atoms with Gasteiger partial charge in [0.15, 0.2) is 0 Å². The van der Waals surface area contributed by atoms with Gasteiger partial charge >= 0.3 is 0 Å². The quantitative estimate of drug-likeness (QED) is 0.473. The third kappa shape index (κ3) is 7.82. The predicted octanol–water partition coefficient (Wildman–Crippen LogP) is 4.86. The highest BCUT2D eigenvalue weighted by Crippen LogP contribution is 2.16. The molecule has 5 nitrogen and oxygen atoms in total. The van der Waals surface area contributed by atoms with Crippen molar-refractivity contribution in [3.05, 3.63) is 64.1 Å². The van der Waals surface area contributed by atoms with E-state index in [9.17, 15) is 9.59 Å². The van der Waals surface area contributed by atoms with Gasteiger partial charge < -0.3 is 15.0 Å². The first-order chi connectivity index (χ1) is 14.4. The van der Waals surface area contributed by atoms with Crippen LogP contribution in [0.5, 0.6) is 5.75 Å². The maximum absolute atomic E-state index is 13.0. The molecule has 0 unspecified atom stereocenters. The van der Waals surface area contributed by atoms with E-state index in [0.29, 0.717) is 32.5 Å². The lowest BCUT2D eigenvalue weighted by Gasteiger charge is -2.29. The van der Waals surface area contributed by atoms with E-state index in [-0.39, 0.29) is 11.8 Å². The van der Waals surface area contributed by atoms with Crippen LogP contribution in [0, 0.1) is 6.92 Å². The number of aryl methyl sites for hydroxylation is 1. The number of hydrogen-bond acceptors (Lipinski definition) is 3. The van der Waals surface area contributed by atoms with Crippen molar-refractivity contribution in [2.24, 2.45) is 0 Å². The summed E-state index contributed by atoms with van der Waals surface area (Å²) in [5.41, 5.74) is 2.16. The Kier molecular flexibility index (Phi) is 9.87. The fourth-order valence-electron chi connectivity index (χ4n) is 2.96. The van der Waals surface area contributed by atoms with Crippen molar-refractivity contribution in [2.75, 3.05) is 13.2 Å². The highest BCUT2D eigenvalue weighted by atomic mass is 79.9. The number of nitrogens with zero attached hydrogens (tertiary/aromatic N) is 1. The summed E-state index contributed by atoms with van der Waals surface area (Å²) >= 11 is 3.43. The first-order valence-electron chi connectivity index (χ1n) is 10.4. The van der Waals surface area contributed by atoms with E-state index in [1.807, 2.05) is 62.4 Å². The Labute approximate surface area is 187 Å². The number of halogens is 1. The molecule has 6 heteroatoms. The molecule has 2 amide bonds. The van der Waals surface area contributed by atoms with Gasteiger partial charge in [-0.15, -0.1) is 0 Å². The van der Waals surface area contributed by atoms with Crippen LogP contribution in [0.1, 0.15) is 44.2 Å². The number of nitrogens with one attached hydrogen (secondary N) is 1. The largest absolute Gasteiger partial charge is 0.494 e. The number of carbonyl (C=O) groups is 2. The molecule has 0 aliphatic carbocycles. The maximum Gasteiger partial charge on any atom is 0.242 e. The maximum atomic E-state index is 13.0. The number of benzene rings is 2. The highest BCUT2D eigenvalue weighted by Gasteiger charge is 2.25. The first kappa shape index (κ1) is 23.9. The lowest BCUT2D eigenvalue weighted by Crippen LogP contribution is -2.47. The topological polar surface area (TPSA) is 58.6 Å². The van der Waals surface area contributed by atoms with Gasteiger partial charge in [0, 0.05) is 24.0 Å². The fraction of sp³-hybridized carbons (Fsp3) is 0.417. The molecule has 30 heavy (non-hydrogen) atoms. The molecule has 0 aromatic heterocycles. The van der Waals surface area contributed by atoms with E-state index >= 15 is 0 Å². The highest BCUT2D eigenvalue weighted by molar-refractivity contribution is 9.10. The molecule has 0 radical (unpaired) electrons. The minimum atomic E-state index is -0.536. The molecule has 0 saturated carbocycles. The average molecular weight is 475 g/mol. The molecular weight excluding hydrogens is 444 g/mol. The van der Waals surface area contributed by atoms with Crippen molar-refractivity contribution in [1.82, 2.24) is 10.2 Å². The lowest BCUT2D eigenvalue weighted by atomic mass is 10.1. The van der Waals surface area contributed by atoms with Crippen molar-refractivity contribution >= 4 is 27.7 Å². The number of hydrogen-bond donors (Lipinski definition) is 1. The molecule has 162 valence electrons. The molecule has 0 aliphatic rings. The van der Waals surface area contributed by atoms with Crippen LogP contribution in [0.4, 0.5) is 0 Å². The van der Waals surface area contributed by atoms with Gasteiger partial charge in [-0.1, -0.05) is 52.7 Å². The van der Waals surface area contributed by atoms with Crippen molar-refractivity contribution < 1.29 is 14.3 Å². The molecule has 1 atom stereocenters. The van der Waals surface area contributed by atoms with Crippen molar-refractivity contribution in [1.29, 1.82) is 0 Å². The Morgan fingerprint density at radius 1 is 1.10 bits per heavy atom. The summed E-state index contributed by atoms with van der Waals surface area (Å²) in [6, 6.07) is 15.1. The molecule has 0 spiro atoms. The van der Waals surface area contributed by atoms with Crippen LogP contribution in [-0.4, -0.2) is 35.9 Å². The summed E-state index contributed by atoms with van der Waals surface area (Å²) in [6.07, 6.45) is 1.77. The van der Waals surface area contributed by atoms with Gasteiger partial charge in [-0.25, -0.2) is 0 Å². The second kappa shape index (κ2) is 12.4. The van der Waals surface area contributed by atoms with Crippen LogP contribution in [0.2, 0.25) is 0 Å². The summed E-state index contributed by atoms with van der Waals surface area (Å²) in [7, 11) is 0. The molecule has 2 aromatic carbocycles. The molecule has 0 fully saturated rings. The molecule has 1 N–H and O–H groups in total. The zero-order valence-electron chi connectivity index (χ0n) is 18.0. The van der Waals surface area contributed by atoms with Crippen LogP contribution < -0.4 is 10.1 Å². The zero-order valence-corrected chi connectivity index (χ0v) is 19.6. The van der Waals surface area contributed by atoms with Gasteiger partial charge in [-0.2, -0.15) is 0 Å². The minimum Gasteiger partial charge on any atom is -0.494 e. The van der Waals surface area contributed by atoms with Gasteiger partial charge in [0.25, 0.3) is 0 Å². The molecule has 0 heterocycles. The summed E-state index contributed by atoms with van der Waals surface area (Å²) in [6.45, 7) is 7.27. The predicted molar refractivity (Wildman–Crippen MR) is 123 cm³/mol. The minimum absolute atomic E-state index is 0.0513. The average Bonchev–Trinajstić information content (AvgIpc) is 2.75. The standard InChI is InChI=1S/C24H31BrN2O3/c1-4-15-26-24(29)19(3)27(17-20-9-11-21(25)12-10-20)23(28)6-5-16-30-22-13-7-18(2)8-14-22/h7-14,19H,4-6,15-17H2,1-3H3,(H,26,29)/t19-/m1/s1. The SMILES string of the molecule is CCCNC(=O)[C@@H](C)N(Cc1ccc(Br)cc1)C(=O)CCCOc1ccc(C)cc1. The van der Waals surface area contributed by atoms with Gasteiger partial charge in [-0.05, 0) is 56.5 Å². The Hall–Kier alpha value is -2.34. The Morgan fingerprint density at radius 3 is 2.40 bits per heavy atom. The van der Waals surface area contributed by atoms with E-state index in [0.717, 1.165) is 22.2 Å². The van der Waals surface area contributed by atoms with Gasteiger partial charge in [-0.3, -0.25) is 9.59 Å². The molecule has 0 bridgehead atoms. The second-order valence-electron chi connectivity index (χ2n) is 7.38. The van der Waals surface area contributed by atoms with Gasteiger partial charge in [0.1, 0.15) is 11.8 Å². The fourth-order valence-corrected chi connectivity index (χ4v) is 3.22. The van der Waals surface area contributed by atoms with Crippen LogP contribution in [0.3, 0.4) is 0 Å². The zero-order chi connectivity index (χ0) is 21.9. The molecule has 0 aliphatic heterocycles. The number of amides is 2. The third-order valence-electron chi connectivity index (χ3n) is 4.81. The molecular formula is C24H31BrN2O3. The van der Waals surface area contributed by atoms with Gasteiger partial charge in [0.05, 0.1) is 6.61 Å². The van der Waals surface area contributed by atoms with Crippen LogP contribution in [-0.2, 0) is 16.1 Å². The second-order valence-corrected chi connectivity index (χ2v) is 8.30. The number of rotatable bonds is 11. The molecule has 2 rings (SSSR count). The summed E-state index contributed by atoms with van der Waals surface area (Å²) in [4.78, 5) is 27.1. The number of ether oxygens (including phenoxy) is 1. The van der Waals surface area contributed by atoms with Crippen molar-refractivity contribution in [3.8, 4) is 5.75 Å². The van der Waals surface area contributed by atoms with Crippen molar-refractivity contribution in [2.45, 2.75) is 52.6 Å². The Morgan fingerprint density at radius 2 is 1.77 bits per heavy atom. The van der Waals surface area contributed by atoms with Crippen molar-refractivity contribution in [3.63, 3.8) is 0 Å². The van der Waals surface area contributed by atoms with E-state index < -0.39 is 6.04 Å². The summed E-state index contributed by atoms with van der Waals surface area (Å²) in [5, 5.41) is 2.89. The van der Waals surface area contributed by atoms with Crippen LogP contribution in [0.25, 0.3) is 0 Å². The van der Waals surface area contributed by atoms with E-state index in [1.54, 1.807) is 11.8 Å². The Bertz CT molecular complexity index is 806. The smallest absolute Gasteiger partial charge is 0.242 e. The Balaban J connectivity index is 1.96. The number of carbonyl (C=O) groups excluding carboxylic acids is 2. The van der Waals surface area contributed by atoms with Crippen LogP contribution >= 0.6 is 15.9 Å². The summed E-state index contributed by atoms with van der Waals surface area (Å²) in [5.74, 6) is 0.620. The summed E-state index contributed by atoms with van der Waals surface area (Å²) < 4.78 is 6.71. The first-order valence-corrected chi connectivity index (χ1v) is 11.2. The van der Waals surface area contributed by atoms with E-state index in [2.05, 4.69) is 21.2 Å². The van der Waals surface area contributed by atoms with E-state index in [4.69, 9.17) is 4.74 Å². The van der Waals surface area contributed by atoms with Crippen LogP contribution in [0.15, 0.2) is 53.0 Å². The molecule has 2 aromatic rings. The monoisotopic (exact) mass is 474 g/mol. The van der Waals surface area contributed by atoms with Gasteiger partial charge in [0.2, 0.25) is 11.8 Å².